The highest BCUT2D eigenvalue weighted by Crippen LogP contribution is 2.24. The van der Waals surface area contributed by atoms with Crippen LogP contribution in [0, 0.1) is 5.92 Å². The van der Waals surface area contributed by atoms with Gasteiger partial charge >= 0.3 is 18.2 Å². The quantitative estimate of drug-likeness (QED) is 0.663. The number of rotatable bonds is 6. The van der Waals surface area contributed by atoms with E-state index in [-0.39, 0.29) is 23.4 Å². The molecule has 1 N–H and O–H groups in total. The zero-order valence-electron chi connectivity index (χ0n) is 17.9. The number of esters is 1. The first-order valence-electron chi connectivity index (χ1n) is 9.75. The number of nitrogens with zero attached hydrogens (tertiary/aromatic N) is 3. The minimum absolute atomic E-state index is 0.0821. The summed E-state index contributed by atoms with van der Waals surface area (Å²) in [6, 6.07) is 1.01. The molecule has 31 heavy (non-hydrogen) atoms. The Bertz CT molecular complexity index is 775. The van der Waals surface area contributed by atoms with Gasteiger partial charge in [0.2, 0.25) is 11.8 Å². The number of alkyl carbamates (subject to hydrolysis) is 1. The molecule has 1 fully saturated rings. The third-order valence-corrected chi connectivity index (χ3v) is 4.30. The van der Waals surface area contributed by atoms with Gasteiger partial charge in [0.05, 0.1) is 7.11 Å². The van der Waals surface area contributed by atoms with Gasteiger partial charge < -0.3 is 24.4 Å². The number of piperidine rings is 1. The van der Waals surface area contributed by atoms with Crippen molar-refractivity contribution in [1.29, 1.82) is 0 Å². The van der Waals surface area contributed by atoms with E-state index in [1.165, 1.54) is 0 Å². The van der Waals surface area contributed by atoms with Crippen LogP contribution >= 0.6 is 0 Å². The topological polar surface area (TPSA) is 103 Å². The molecule has 12 heteroatoms. The first-order chi connectivity index (χ1) is 14.4. The third kappa shape index (κ3) is 8.46. The summed E-state index contributed by atoms with van der Waals surface area (Å²) in [5.41, 5.74) is -0.778. The van der Waals surface area contributed by atoms with Gasteiger partial charge in [-0.3, -0.25) is 0 Å². The molecule has 0 bridgehead atoms. The molecule has 0 aliphatic carbocycles. The lowest BCUT2D eigenvalue weighted by atomic mass is 9.97. The van der Waals surface area contributed by atoms with Crippen molar-refractivity contribution in [3.05, 3.63) is 11.8 Å². The maximum Gasteiger partial charge on any atom is 0.422 e. The Kier molecular flexibility index (Phi) is 7.91. The fraction of sp³-hybridized carbons (Fsp3) is 0.684. The first kappa shape index (κ1) is 24.5. The van der Waals surface area contributed by atoms with E-state index in [4.69, 9.17) is 9.47 Å². The number of hydrogen-bond acceptors (Lipinski definition) is 8. The molecule has 0 aromatic carbocycles. The molecule has 1 amide bonds. The molecule has 1 aliphatic heterocycles. The number of methoxy groups -OCH3 is 1. The zero-order valence-corrected chi connectivity index (χ0v) is 17.9. The Morgan fingerprint density at radius 3 is 2.39 bits per heavy atom. The predicted octanol–water partition coefficient (Wildman–Crippen LogP) is 2.95. The van der Waals surface area contributed by atoms with E-state index >= 15 is 0 Å². The van der Waals surface area contributed by atoms with Gasteiger partial charge in [-0.05, 0) is 39.5 Å². The molecular weight excluding hydrogens is 421 g/mol. The van der Waals surface area contributed by atoms with Crippen molar-refractivity contribution < 1.29 is 37.0 Å². The lowest BCUT2D eigenvalue weighted by molar-refractivity contribution is -0.154. The molecule has 0 spiro atoms. The van der Waals surface area contributed by atoms with Gasteiger partial charge in [0, 0.05) is 25.7 Å². The van der Waals surface area contributed by atoms with Crippen LogP contribution in [0.25, 0.3) is 0 Å². The molecule has 0 atom stereocenters. The molecule has 1 aliphatic rings. The molecule has 0 radical (unpaired) electrons. The normalized spacial score (nSPS) is 15.4. The number of aromatic nitrogens is 2. The number of hydrogen-bond donors (Lipinski definition) is 1. The Morgan fingerprint density at radius 2 is 1.84 bits per heavy atom. The van der Waals surface area contributed by atoms with Gasteiger partial charge in [-0.1, -0.05) is 0 Å². The van der Waals surface area contributed by atoms with E-state index in [0.29, 0.717) is 32.5 Å². The minimum Gasteiger partial charge on any atom is -0.468 e. The van der Waals surface area contributed by atoms with Gasteiger partial charge in [-0.2, -0.15) is 18.2 Å². The zero-order chi connectivity index (χ0) is 23.2. The third-order valence-electron chi connectivity index (χ3n) is 4.30. The highest BCUT2D eigenvalue weighted by Gasteiger charge is 2.30. The van der Waals surface area contributed by atoms with Crippen LogP contribution in [0.4, 0.5) is 23.9 Å². The SMILES string of the molecule is COC(=O)c1cc(OCC(F)(F)F)nc(N2CCC(CNC(=O)OC(C)(C)C)CC2)n1. The maximum atomic E-state index is 12.5. The Morgan fingerprint density at radius 1 is 1.19 bits per heavy atom. The molecule has 174 valence electrons. The number of nitrogens with one attached hydrogen (secondary N) is 1. The van der Waals surface area contributed by atoms with Crippen molar-refractivity contribution in [2.45, 2.75) is 45.4 Å². The lowest BCUT2D eigenvalue weighted by Crippen LogP contribution is -2.40. The summed E-state index contributed by atoms with van der Waals surface area (Å²) in [7, 11) is 1.14. The first-order valence-corrected chi connectivity index (χ1v) is 9.75. The summed E-state index contributed by atoms with van der Waals surface area (Å²) in [4.78, 5) is 33.5. The number of anilines is 1. The van der Waals surface area contributed by atoms with E-state index in [1.54, 1.807) is 25.7 Å². The van der Waals surface area contributed by atoms with Crippen molar-refractivity contribution in [1.82, 2.24) is 15.3 Å². The summed E-state index contributed by atoms with van der Waals surface area (Å²) in [6.45, 7) is 5.21. The van der Waals surface area contributed by atoms with E-state index < -0.39 is 30.4 Å². The van der Waals surface area contributed by atoms with Crippen molar-refractivity contribution in [3.8, 4) is 5.88 Å². The minimum atomic E-state index is -4.55. The summed E-state index contributed by atoms with van der Waals surface area (Å²) < 4.78 is 51.9. The number of halogens is 3. The van der Waals surface area contributed by atoms with Gasteiger partial charge in [-0.15, -0.1) is 0 Å². The Hall–Kier alpha value is -2.79. The molecule has 1 aromatic rings. The number of ether oxygens (including phenoxy) is 3. The Labute approximate surface area is 178 Å². The van der Waals surface area contributed by atoms with Crippen LogP contribution < -0.4 is 15.0 Å². The molecule has 0 saturated carbocycles. The molecule has 0 unspecified atom stereocenters. The van der Waals surface area contributed by atoms with Gasteiger partial charge in [0.25, 0.3) is 0 Å². The van der Waals surface area contributed by atoms with Crippen LogP contribution in [-0.4, -0.2) is 67.2 Å². The van der Waals surface area contributed by atoms with Crippen LogP contribution in [0.3, 0.4) is 0 Å². The standard InChI is InChI=1S/C19H27F3N4O5/c1-18(2,3)31-17(28)23-10-12-5-7-26(8-6-12)16-24-13(15(27)29-4)9-14(25-16)30-11-19(20,21)22/h9,12H,5-8,10-11H2,1-4H3,(H,23,28). The number of carbonyl (C=O) groups is 2. The Balaban J connectivity index is 1.99. The molecule has 2 rings (SSSR count). The molecule has 2 heterocycles. The van der Waals surface area contributed by atoms with Crippen LogP contribution in [0.5, 0.6) is 5.88 Å². The van der Waals surface area contributed by atoms with Crippen LogP contribution in [0.15, 0.2) is 6.07 Å². The monoisotopic (exact) mass is 448 g/mol. The largest absolute Gasteiger partial charge is 0.468 e. The molecule has 1 saturated heterocycles. The van der Waals surface area contributed by atoms with E-state index in [9.17, 15) is 22.8 Å². The predicted molar refractivity (Wildman–Crippen MR) is 104 cm³/mol. The summed E-state index contributed by atoms with van der Waals surface area (Å²) in [5.74, 6) is -0.902. The maximum absolute atomic E-state index is 12.5. The number of amides is 1. The second-order valence-corrected chi connectivity index (χ2v) is 8.10. The number of carbonyl (C=O) groups excluding carboxylic acids is 2. The second-order valence-electron chi connectivity index (χ2n) is 8.10. The van der Waals surface area contributed by atoms with E-state index in [0.717, 1.165) is 13.2 Å². The van der Waals surface area contributed by atoms with E-state index in [1.807, 2.05) is 0 Å². The smallest absolute Gasteiger partial charge is 0.422 e. The van der Waals surface area contributed by atoms with Crippen LogP contribution in [0.2, 0.25) is 0 Å². The fourth-order valence-electron chi connectivity index (χ4n) is 2.87. The summed E-state index contributed by atoms with van der Waals surface area (Å²) >= 11 is 0. The molecular formula is C19H27F3N4O5. The van der Waals surface area contributed by atoms with Crippen LogP contribution in [-0.2, 0) is 9.47 Å². The number of alkyl halides is 3. The molecule has 9 nitrogen and oxygen atoms in total. The van der Waals surface area contributed by atoms with Crippen molar-refractivity contribution in [3.63, 3.8) is 0 Å². The second kappa shape index (κ2) is 10.0. The van der Waals surface area contributed by atoms with Crippen molar-refractivity contribution in [2.24, 2.45) is 5.92 Å². The lowest BCUT2D eigenvalue weighted by Gasteiger charge is -2.32. The van der Waals surface area contributed by atoms with Gasteiger partial charge in [0.15, 0.2) is 12.3 Å². The highest BCUT2D eigenvalue weighted by molar-refractivity contribution is 5.87. The fourth-order valence-corrected chi connectivity index (χ4v) is 2.87. The van der Waals surface area contributed by atoms with Crippen LogP contribution in [0.1, 0.15) is 44.1 Å². The van der Waals surface area contributed by atoms with Crippen molar-refractivity contribution >= 4 is 18.0 Å². The summed E-state index contributed by atoms with van der Waals surface area (Å²) in [6.07, 6.45) is -3.67. The van der Waals surface area contributed by atoms with Gasteiger partial charge in [0.1, 0.15) is 5.60 Å². The average molecular weight is 448 g/mol. The van der Waals surface area contributed by atoms with Crippen molar-refractivity contribution in [2.75, 3.05) is 38.3 Å². The molecule has 1 aromatic heterocycles. The average Bonchev–Trinajstić information content (AvgIpc) is 2.68. The summed E-state index contributed by atoms with van der Waals surface area (Å²) in [5, 5.41) is 2.74. The van der Waals surface area contributed by atoms with Gasteiger partial charge in [-0.25, -0.2) is 14.6 Å². The van der Waals surface area contributed by atoms with E-state index in [2.05, 4.69) is 20.0 Å². The highest BCUT2D eigenvalue weighted by atomic mass is 19.4.